The molecule has 9 rings (SSSR count). The summed E-state index contributed by atoms with van der Waals surface area (Å²) in [6.45, 7) is 0. The van der Waals surface area contributed by atoms with Crippen LogP contribution in [0.25, 0.3) is 21.5 Å². The van der Waals surface area contributed by atoms with Gasteiger partial charge in [0.05, 0.1) is 22.0 Å². The fourth-order valence-electron chi connectivity index (χ4n) is 7.06. The minimum Gasteiger partial charge on any atom is -0.505 e. The number of phenolic OH excluding ortho intramolecular Hbond substituents is 2. The van der Waals surface area contributed by atoms with E-state index in [0.717, 1.165) is 24.3 Å². The first-order chi connectivity index (χ1) is 35.2. The number of hydrogen-bond acceptors (Lipinski definition) is 22. The summed E-state index contributed by atoms with van der Waals surface area (Å²) in [6, 6.07) is 31.1. The Hall–Kier alpha value is -8.61. The average Bonchev–Trinajstić information content (AvgIpc) is 3.33. The van der Waals surface area contributed by atoms with Gasteiger partial charge in [0, 0.05) is 22.1 Å². The Bertz CT molecular complexity index is 4130. The van der Waals surface area contributed by atoms with Crippen molar-refractivity contribution in [1.29, 1.82) is 0 Å². The van der Waals surface area contributed by atoms with E-state index < -0.39 is 89.9 Å². The second-order valence-electron chi connectivity index (χ2n) is 15.2. The second-order valence-corrected chi connectivity index (χ2v) is 20.1. The van der Waals surface area contributed by atoms with Crippen LogP contribution in [-0.4, -0.2) is 79.0 Å². The molecule has 7 aromatic carbocycles. The van der Waals surface area contributed by atoms with E-state index in [2.05, 4.69) is 71.6 Å². The summed E-state index contributed by atoms with van der Waals surface area (Å²) in [5, 5.41) is 50.1. The molecule has 0 fully saturated rings. The minimum atomic E-state index is -5.31. The van der Waals surface area contributed by atoms with Crippen LogP contribution in [0.2, 0.25) is 10.6 Å². The smallest absolute Gasteiger partial charge is 0.296 e. The topological polar surface area (TPSA) is 378 Å². The maximum Gasteiger partial charge on any atom is 0.296 e. The summed E-state index contributed by atoms with van der Waals surface area (Å²) >= 11 is 12.6. The van der Waals surface area contributed by atoms with Crippen LogP contribution in [0.1, 0.15) is 0 Å². The Morgan fingerprint density at radius 3 is 1.57 bits per heavy atom. The van der Waals surface area contributed by atoms with Crippen molar-refractivity contribution in [2.24, 2.45) is 20.5 Å². The van der Waals surface area contributed by atoms with Crippen molar-refractivity contribution in [3.05, 3.63) is 138 Å². The Labute approximate surface area is 427 Å². The van der Waals surface area contributed by atoms with Gasteiger partial charge in [0.25, 0.3) is 30.4 Å². The Morgan fingerprint density at radius 1 is 0.432 bits per heavy atom. The number of nitrogens with one attached hydrogen (secondary N) is 4. The Kier molecular flexibility index (Phi) is 13.7. The zero-order valence-corrected chi connectivity index (χ0v) is 40.7. The molecule has 0 aliphatic carbocycles. The lowest BCUT2D eigenvalue weighted by molar-refractivity contribution is 0.472. The molecule has 0 aliphatic rings. The number of nitrogens with zero attached hydrogens (tertiary/aromatic N) is 10. The van der Waals surface area contributed by atoms with Gasteiger partial charge in [0.2, 0.25) is 34.4 Å². The van der Waals surface area contributed by atoms with Crippen LogP contribution >= 0.6 is 23.2 Å². The van der Waals surface area contributed by atoms with Crippen LogP contribution in [0, 0.1) is 0 Å². The summed E-state index contributed by atoms with van der Waals surface area (Å²) in [7, 11) is -15.2. The zero-order valence-electron chi connectivity index (χ0n) is 36.8. The number of rotatable bonds is 15. The van der Waals surface area contributed by atoms with Gasteiger partial charge in [0.15, 0.2) is 11.5 Å². The van der Waals surface area contributed by atoms with Crippen molar-refractivity contribution in [1.82, 2.24) is 29.9 Å². The lowest BCUT2D eigenvalue weighted by atomic mass is 10.1. The number of fused-ring (bicyclic) bond motifs is 2. The summed E-state index contributed by atoms with van der Waals surface area (Å²) in [6.07, 6.45) is 0. The van der Waals surface area contributed by atoms with Gasteiger partial charge in [-0.25, -0.2) is 0 Å². The second kappa shape index (κ2) is 20.1. The van der Waals surface area contributed by atoms with Crippen LogP contribution in [0.4, 0.5) is 69.3 Å². The van der Waals surface area contributed by atoms with E-state index in [4.69, 9.17) is 23.2 Å². The molecule has 0 saturated heterocycles. The molecule has 30 heteroatoms. The number of phenols is 2. The van der Waals surface area contributed by atoms with Gasteiger partial charge >= 0.3 is 0 Å². The highest BCUT2D eigenvalue weighted by Crippen LogP contribution is 2.46. The molecule has 374 valence electrons. The molecule has 9 N–H and O–H groups in total. The number of benzene rings is 7. The summed E-state index contributed by atoms with van der Waals surface area (Å²) in [5.74, 6) is -1.70. The van der Waals surface area contributed by atoms with E-state index in [1.54, 1.807) is 60.7 Å². The van der Waals surface area contributed by atoms with E-state index in [9.17, 15) is 49.1 Å². The van der Waals surface area contributed by atoms with E-state index in [0.29, 0.717) is 39.6 Å². The van der Waals surface area contributed by atoms with Gasteiger partial charge in [0.1, 0.15) is 26.9 Å². The van der Waals surface area contributed by atoms with Crippen molar-refractivity contribution in [2.45, 2.75) is 14.7 Å². The Balaban J connectivity index is 0.969. The SMILES string of the molecule is O=S(=O)(O)c1cc(Nc2nc(Cl)nc(Nc3ccc(Nc4nc(Cl)nc(Nc5cccc6ccc(N=Nc7ccccc7)c(O)c56)n4)cc3)n2)c2c(O)c(N=Nc3ccccc3S(=O)(=O)O)c(S(=O)(=O)O)cc2c1. The van der Waals surface area contributed by atoms with E-state index >= 15 is 0 Å². The van der Waals surface area contributed by atoms with E-state index in [1.807, 2.05) is 24.3 Å². The van der Waals surface area contributed by atoms with Crippen LogP contribution in [0.5, 0.6) is 11.5 Å². The number of aromatic nitrogens is 6. The van der Waals surface area contributed by atoms with E-state index in [1.165, 1.54) is 12.1 Å². The number of halogens is 2. The molecule has 0 radical (unpaired) electrons. The molecular formula is C44H30Cl2N14O11S3. The maximum atomic E-state index is 12.6. The lowest BCUT2D eigenvalue weighted by Gasteiger charge is -2.15. The normalized spacial score (nSPS) is 12.2. The third-order valence-corrected chi connectivity index (χ3v) is 13.2. The first-order valence-corrected chi connectivity index (χ1v) is 25.7. The standard InChI is InChI=1S/C44H30Cl2N14O11S3/c45-39-51-41(55-43(53-39)49-29-11-6-7-22-13-18-30(37(61)34(22)29)59-57-26-8-2-1-3-9-26)47-24-14-16-25(17-15-24)48-42-52-40(46)54-44(56-42)50-31-21-27(72(63,64)65)19-23-20-33(74(69,70)71)36(38(62)35(23)31)60-58-28-10-4-5-12-32(28)73(66,67)68/h1-21,61-62H,(H,63,64,65)(H,66,67,68)(H,69,70,71)(H2,47,49,51,53,55)(H2,48,50,52,54,56). The molecule has 2 aromatic heterocycles. The molecule has 0 saturated carbocycles. The first-order valence-electron chi connectivity index (χ1n) is 20.7. The fourth-order valence-corrected chi connectivity index (χ4v) is 9.21. The highest BCUT2D eigenvalue weighted by Gasteiger charge is 2.27. The molecule has 9 aromatic rings. The van der Waals surface area contributed by atoms with Crippen LogP contribution in [0.3, 0.4) is 0 Å². The minimum absolute atomic E-state index is 0.0341. The van der Waals surface area contributed by atoms with Crippen LogP contribution < -0.4 is 21.3 Å². The third-order valence-electron chi connectivity index (χ3n) is 10.2. The summed E-state index contributed by atoms with van der Waals surface area (Å²) < 4.78 is 104. The van der Waals surface area contributed by atoms with Gasteiger partial charge < -0.3 is 31.5 Å². The predicted octanol–water partition coefficient (Wildman–Crippen LogP) is 10.6. The molecule has 0 amide bonds. The number of azo groups is 2. The van der Waals surface area contributed by atoms with Crippen LogP contribution in [0.15, 0.2) is 163 Å². The third kappa shape index (κ3) is 11.4. The molecule has 0 bridgehead atoms. The van der Waals surface area contributed by atoms with Gasteiger partial charge in [-0.15, -0.1) is 15.3 Å². The van der Waals surface area contributed by atoms with Gasteiger partial charge in [-0.1, -0.05) is 48.5 Å². The molecule has 0 atom stereocenters. The monoisotopic (exact) mass is 1100 g/mol. The number of hydrogen-bond donors (Lipinski definition) is 9. The maximum absolute atomic E-state index is 12.6. The molecule has 0 spiro atoms. The Morgan fingerprint density at radius 2 is 0.973 bits per heavy atom. The van der Waals surface area contributed by atoms with Crippen molar-refractivity contribution < 1.29 is 49.1 Å². The lowest BCUT2D eigenvalue weighted by Crippen LogP contribution is -2.06. The van der Waals surface area contributed by atoms with Crippen molar-refractivity contribution in [3.8, 4) is 11.5 Å². The van der Waals surface area contributed by atoms with Crippen molar-refractivity contribution in [2.75, 3.05) is 21.3 Å². The molecule has 25 nitrogen and oxygen atoms in total. The predicted molar refractivity (Wildman–Crippen MR) is 271 cm³/mol. The molecule has 2 heterocycles. The highest BCUT2D eigenvalue weighted by atomic mass is 35.5. The largest absolute Gasteiger partial charge is 0.505 e. The van der Waals surface area contributed by atoms with Gasteiger partial charge in [-0.3, -0.25) is 13.7 Å². The molecular weight excluding hydrogens is 1070 g/mol. The zero-order chi connectivity index (χ0) is 52.5. The molecule has 0 aliphatic heterocycles. The van der Waals surface area contributed by atoms with E-state index in [-0.39, 0.29) is 34.6 Å². The summed E-state index contributed by atoms with van der Waals surface area (Å²) in [5.41, 5.74) is 0.247. The molecule has 0 unspecified atom stereocenters. The number of aromatic hydroxyl groups is 2. The molecule has 74 heavy (non-hydrogen) atoms. The first kappa shape index (κ1) is 50.3. The highest BCUT2D eigenvalue weighted by molar-refractivity contribution is 7.86. The summed E-state index contributed by atoms with van der Waals surface area (Å²) in [4.78, 5) is 22.5. The fraction of sp³-hybridized carbons (Fsp3) is 0. The number of anilines is 8. The van der Waals surface area contributed by atoms with Gasteiger partial charge in [-0.2, -0.15) is 60.3 Å². The van der Waals surface area contributed by atoms with Crippen molar-refractivity contribution in [3.63, 3.8) is 0 Å². The van der Waals surface area contributed by atoms with Crippen LogP contribution in [-0.2, 0) is 30.4 Å². The quantitative estimate of drug-likeness (QED) is 0.0340. The average molecular weight is 1100 g/mol. The van der Waals surface area contributed by atoms with Gasteiger partial charge in [-0.05, 0) is 113 Å². The van der Waals surface area contributed by atoms with Crippen molar-refractivity contribution >= 4 is 144 Å².